The molecule has 0 aliphatic rings. The van der Waals surface area contributed by atoms with Crippen LogP contribution in [0.1, 0.15) is 19.0 Å². The third-order valence-corrected chi connectivity index (χ3v) is 3.35. The molecule has 0 fully saturated rings. The quantitative estimate of drug-likeness (QED) is 0.783. The number of aromatic nitrogens is 4. The zero-order valence-corrected chi connectivity index (χ0v) is 13.2. The van der Waals surface area contributed by atoms with Crippen LogP contribution in [0.4, 0.5) is 5.82 Å². The van der Waals surface area contributed by atoms with Gasteiger partial charge in [-0.25, -0.2) is 0 Å². The molecule has 0 saturated carbocycles. The third kappa shape index (κ3) is 3.31. The highest BCUT2D eigenvalue weighted by atomic mass is 16.5. The van der Waals surface area contributed by atoms with Crippen LogP contribution in [0.5, 0.6) is 5.75 Å². The van der Waals surface area contributed by atoms with Crippen molar-refractivity contribution < 1.29 is 4.74 Å². The van der Waals surface area contributed by atoms with Gasteiger partial charge in [0.1, 0.15) is 11.6 Å². The molecule has 6 nitrogen and oxygen atoms in total. The molecular weight excluding hydrogens is 290 g/mol. The Hall–Kier alpha value is -2.89. The van der Waals surface area contributed by atoms with E-state index in [4.69, 9.17) is 10.5 Å². The second-order valence-electron chi connectivity index (χ2n) is 5.27. The number of nitrogen functional groups attached to an aromatic ring is 1. The summed E-state index contributed by atoms with van der Waals surface area (Å²) in [5.74, 6) is 2.00. The predicted molar refractivity (Wildman–Crippen MR) is 89.5 cm³/mol. The Morgan fingerprint density at radius 3 is 2.43 bits per heavy atom. The highest BCUT2D eigenvalue weighted by Gasteiger charge is 2.07. The number of nitrogens with zero attached hydrogens (tertiary/aromatic N) is 4. The van der Waals surface area contributed by atoms with Crippen molar-refractivity contribution in [3.05, 3.63) is 48.2 Å². The van der Waals surface area contributed by atoms with Crippen molar-refractivity contribution in [3.8, 4) is 22.8 Å². The fourth-order valence-electron chi connectivity index (χ4n) is 2.24. The molecular formula is C17H19N5O. The molecule has 118 valence electrons. The van der Waals surface area contributed by atoms with E-state index < -0.39 is 0 Å². The topological polar surface area (TPSA) is 78.9 Å². The van der Waals surface area contributed by atoms with E-state index in [1.54, 1.807) is 10.7 Å². The molecule has 23 heavy (non-hydrogen) atoms. The average Bonchev–Trinajstić information content (AvgIpc) is 2.92. The zero-order valence-electron chi connectivity index (χ0n) is 13.2. The summed E-state index contributed by atoms with van der Waals surface area (Å²) in [5, 5.41) is 12.8. The van der Waals surface area contributed by atoms with Crippen LogP contribution in [-0.2, 0) is 0 Å². The first-order valence-electron chi connectivity index (χ1n) is 7.57. The second-order valence-corrected chi connectivity index (χ2v) is 5.27. The Balaban J connectivity index is 1.80. The largest absolute Gasteiger partial charge is 0.494 e. The molecule has 0 amide bonds. The van der Waals surface area contributed by atoms with Crippen molar-refractivity contribution in [2.45, 2.75) is 20.3 Å². The molecule has 0 spiro atoms. The number of aryl methyl sites for hydroxylation is 1. The van der Waals surface area contributed by atoms with Crippen LogP contribution in [0, 0.1) is 6.92 Å². The lowest BCUT2D eigenvalue weighted by atomic mass is 10.1. The van der Waals surface area contributed by atoms with Crippen LogP contribution >= 0.6 is 0 Å². The molecule has 2 heterocycles. The fourth-order valence-corrected chi connectivity index (χ4v) is 2.24. The van der Waals surface area contributed by atoms with Crippen LogP contribution in [0.3, 0.4) is 0 Å². The van der Waals surface area contributed by atoms with E-state index >= 15 is 0 Å². The molecule has 0 atom stereocenters. The molecule has 0 radical (unpaired) electrons. The number of hydrogen-bond donors (Lipinski definition) is 1. The number of rotatable bonds is 5. The van der Waals surface area contributed by atoms with Crippen molar-refractivity contribution in [1.29, 1.82) is 0 Å². The van der Waals surface area contributed by atoms with E-state index in [-0.39, 0.29) is 0 Å². The molecule has 0 saturated heterocycles. The molecule has 1 aromatic carbocycles. The van der Waals surface area contributed by atoms with Crippen LogP contribution in [-0.4, -0.2) is 26.6 Å². The number of benzene rings is 1. The minimum atomic E-state index is 0.543. The molecule has 3 aromatic rings. The van der Waals surface area contributed by atoms with E-state index in [1.165, 1.54) is 0 Å². The van der Waals surface area contributed by atoms with Gasteiger partial charge >= 0.3 is 0 Å². The van der Waals surface area contributed by atoms with Gasteiger partial charge in [0, 0.05) is 11.6 Å². The summed E-state index contributed by atoms with van der Waals surface area (Å²) in [7, 11) is 0. The molecule has 0 unspecified atom stereocenters. The lowest BCUT2D eigenvalue weighted by Crippen LogP contribution is -2.05. The molecule has 2 aromatic heterocycles. The predicted octanol–water partition coefficient (Wildman–Crippen LogP) is 3.01. The van der Waals surface area contributed by atoms with Gasteiger partial charge < -0.3 is 10.5 Å². The fraction of sp³-hybridized carbons (Fsp3) is 0.235. The Bertz CT molecular complexity index is 778. The van der Waals surface area contributed by atoms with Crippen molar-refractivity contribution in [2.24, 2.45) is 0 Å². The minimum absolute atomic E-state index is 0.543. The monoisotopic (exact) mass is 309 g/mol. The summed E-state index contributed by atoms with van der Waals surface area (Å²) in [6.45, 7) is 4.69. The van der Waals surface area contributed by atoms with Crippen LogP contribution in [0.15, 0.2) is 42.5 Å². The Morgan fingerprint density at radius 2 is 1.87 bits per heavy atom. The zero-order chi connectivity index (χ0) is 16.2. The normalized spacial score (nSPS) is 10.7. The summed E-state index contributed by atoms with van der Waals surface area (Å²) in [6.07, 6.45) is 0.991. The summed E-state index contributed by atoms with van der Waals surface area (Å²) in [6, 6.07) is 13.4. The summed E-state index contributed by atoms with van der Waals surface area (Å²) < 4.78 is 7.15. The van der Waals surface area contributed by atoms with Crippen molar-refractivity contribution in [3.63, 3.8) is 0 Å². The van der Waals surface area contributed by atoms with Gasteiger partial charge in [-0.1, -0.05) is 6.92 Å². The van der Waals surface area contributed by atoms with Crippen molar-refractivity contribution in [2.75, 3.05) is 12.3 Å². The first-order valence-corrected chi connectivity index (χ1v) is 7.57. The van der Waals surface area contributed by atoms with E-state index in [2.05, 4.69) is 22.2 Å². The van der Waals surface area contributed by atoms with Gasteiger partial charge in [-0.15, -0.1) is 10.2 Å². The molecule has 6 heteroatoms. The number of ether oxygens (including phenoxy) is 1. The number of nitrogens with two attached hydrogens (primary N) is 1. The van der Waals surface area contributed by atoms with Crippen LogP contribution in [0.2, 0.25) is 0 Å². The standard InChI is InChI=1S/C17H19N5O/c1-3-10-23-14-6-4-13(5-7-14)15-8-9-17(20-19-15)22-16(18)11-12(2)21-22/h4-9,11H,3,10,18H2,1-2H3. The van der Waals surface area contributed by atoms with E-state index in [9.17, 15) is 0 Å². The van der Waals surface area contributed by atoms with E-state index in [0.29, 0.717) is 11.6 Å². The molecule has 0 bridgehead atoms. The minimum Gasteiger partial charge on any atom is -0.494 e. The van der Waals surface area contributed by atoms with Crippen molar-refractivity contribution >= 4 is 5.82 Å². The molecule has 3 rings (SSSR count). The first-order chi connectivity index (χ1) is 11.2. The molecule has 0 aliphatic heterocycles. The maximum atomic E-state index is 5.90. The van der Waals surface area contributed by atoms with E-state index in [0.717, 1.165) is 35.7 Å². The number of anilines is 1. The summed E-state index contributed by atoms with van der Waals surface area (Å²) >= 11 is 0. The smallest absolute Gasteiger partial charge is 0.178 e. The lowest BCUT2D eigenvalue weighted by molar-refractivity contribution is 0.317. The van der Waals surface area contributed by atoms with Crippen LogP contribution < -0.4 is 10.5 Å². The van der Waals surface area contributed by atoms with E-state index in [1.807, 2.05) is 43.3 Å². The lowest BCUT2D eigenvalue weighted by Gasteiger charge is -2.06. The van der Waals surface area contributed by atoms with Gasteiger partial charge in [0.05, 0.1) is 18.0 Å². The SMILES string of the molecule is CCCOc1ccc(-c2ccc(-n3nc(C)cc3N)nn2)cc1. The highest BCUT2D eigenvalue weighted by Crippen LogP contribution is 2.21. The molecule has 0 aliphatic carbocycles. The first kappa shape index (κ1) is 15.0. The van der Waals surface area contributed by atoms with Gasteiger partial charge in [-0.3, -0.25) is 0 Å². The maximum absolute atomic E-state index is 5.90. The maximum Gasteiger partial charge on any atom is 0.178 e. The van der Waals surface area contributed by atoms with Gasteiger partial charge in [-0.05, 0) is 49.7 Å². The Kier molecular flexibility index (Phi) is 4.23. The Labute approximate surface area is 134 Å². The third-order valence-electron chi connectivity index (χ3n) is 3.35. The van der Waals surface area contributed by atoms with Crippen LogP contribution in [0.25, 0.3) is 17.1 Å². The van der Waals surface area contributed by atoms with Crippen molar-refractivity contribution in [1.82, 2.24) is 20.0 Å². The van der Waals surface area contributed by atoms with Gasteiger partial charge in [0.2, 0.25) is 0 Å². The molecule has 2 N–H and O–H groups in total. The second kappa shape index (κ2) is 6.48. The summed E-state index contributed by atoms with van der Waals surface area (Å²) in [5.41, 5.74) is 8.52. The average molecular weight is 309 g/mol. The van der Waals surface area contributed by atoms with Gasteiger partial charge in [0.15, 0.2) is 5.82 Å². The van der Waals surface area contributed by atoms with Gasteiger partial charge in [-0.2, -0.15) is 9.78 Å². The Morgan fingerprint density at radius 1 is 1.09 bits per heavy atom. The summed E-state index contributed by atoms with van der Waals surface area (Å²) in [4.78, 5) is 0. The number of hydrogen-bond acceptors (Lipinski definition) is 5. The highest BCUT2D eigenvalue weighted by molar-refractivity contribution is 5.60. The van der Waals surface area contributed by atoms with Gasteiger partial charge in [0.25, 0.3) is 0 Å².